The molecule has 7 nitrogen and oxygen atoms in total. The Hall–Kier alpha value is -2.17. The number of piperidine rings is 2. The van der Waals surface area contributed by atoms with Crippen LogP contribution in [0.2, 0.25) is 0 Å². The minimum Gasteiger partial charge on any atom is -0.383 e. The first-order valence-corrected chi connectivity index (χ1v) is 10.7. The lowest BCUT2D eigenvalue weighted by atomic mass is 9.93. The molecule has 158 valence electrons. The van der Waals surface area contributed by atoms with Crippen LogP contribution in [-0.2, 0) is 9.53 Å². The summed E-state index contributed by atoms with van der Waals surface area (Å²) in [7, 11) is 1.65. The van der Waals surface area contributed by atoms with E-state index in [9.17, 15) is 10.1 Å². The van der Waals surface area contributed by atoms with Gasteiger partial charge in [0.15, 0.2) is 0 Å². The number of anilines is 1. The maximum absolute atomic E-state index is 12.4. The Kier molecular flexibility index (Phi) is 7.45. The molecule has 0 spiro atoms. The van der Waals surface area contributed by atoms with E-state index in [-0.39, 0.29) is 11.8 Å². The average molecular weight is 400 g/mol. The van der Waals surface area contributed by atoms with Crippen molar-refractivity contribution in [1.82, 2.24) is 15.2 Å². The van der Waals surface area contributed by atoms with E-state index in [0.29, 0.717) is 24.8 Å². The molecule has 0 bridgehead atoms. The number of rotatable bonds is 6. The number of hydrogen-bond acceptors (Lipinski definition) is 6. The molecule has 1 aromatic rings. The molecular weight excluding hydrogens is 366 g/mol. The maximum atomic E-state index is 12.4. The van der Waals surface area contributed by atoms with Gasteiger partial charge in [-0.15, -0.1) is 0 Å². The van der Waals surface area contributed by atoms with Crippen molar-refractivity contribution in [1.29, 1.82) is 5.26 Å². The number of aryl methyl sites for hydroxylation is 2. The minimum absolute atomic E-state index is 0.0740. The van der Waals surface area contributed by atoms with E-state index in [1.54, 1.807) is 7.11 Å². The number of ether oxygens (including phenoxy) is 1. The Morgan fingerprint density at radius 3 is 2.76 bits per heavy atom. The molecular formula is C22H33N5O2. The van der Waals surface area contributed by atoms with Gasteiger partial charge in [0.25, 0.3) is 0 Å². The summed E-state index contributed by atoms with van der Waals surface area (Å²) in [6, 6.07) is 4.80. The molecule has 1 amide bonds. The van der Waals surface area contributed by atoms with E-state index >= 15 is 0 Å². The summed E-state index contributed by atoms with van der Waals surface area (Å²) in [5.41, 5.74) is 2.65. The molecule has 7 heteroatoms. The Labute approximate surface area is 174 Å². The summed E-state index contributed by atoms with van der Waals surface area (Å²) >= 11 is 0. The highest BCUT2D eigenvalue weighted by atomic mass is 16.5. The molecule has 0 unspecified atom stereocenters. The number of carbonyl (C=O) groups excluding carboxylic acids is 1. The summed E-state index contributed by atoms with van der Waals surface area (Å²) in [5, 5.41) is 12.6. The van der Waals surface area contributed by atoms with Gasteiger partial charge in [-0.1, -0.05) is 0 Å². The first kappa shape index (κ1) is 21.5. The van der Waals surface area contributed by atoms with Crippen LogP contribution in [0.15, 0.2) is 6.07 Å². The van der Waals surface area contributed by atoms with Crippen molar-refractivity contribution in [2.75, 3.05) is 51.3 Å². The molecule has 0 radical (unpaired) electrons. The molecule has 1 N–H and O–H groups in total. The fourth-order valence-corrected chi connectivity index (χ4v) is 4.60. The molecule has 1 aromatic heterocycles. The van der Waals surface area contributed by atoms with Crippen LogP contribution in [0.5, 0.6) is 0 Å². The Morgan fingerprint density at radius 2 is 2.07 bits per heavy atom. The predicted molar refractivity (Wildman–Crippen MR) is 113 cm³/mol. The molecule has 0 saturated carbocycles. The summed E-state index contributed by atoms with van der Waals surface area (Å²) in [6.45, 7) is 8.80. The zero-order valence-electron chi connectivity index (χ0n) is 17.9. The highest BCUT2D eigenvalue weighted by Gasteiger charge is 2.32. The molecule has 3 rings (SSSR count). The van der Waals surface area contributed by atoms with Crippen LogP contribution in [-0.4, -0.2) is 68.3 Å². The Morgan fingerprint density at radius 1 is 1.31 bits per heavy atom. The fourth-order valence-electron chi connectivity index (χ4n) is 4.60. The number of aromatic nitrogens is 1. The van der Waals surface area contributed by atoms with E-state index < -0.39 is 0 Å². The molecule has 1 atom stereocenters. The predicted octanol–water partition coefficient (Wildman–Crippen LogP) is 2.01. The van der Waals surface area contributed by atoms with Gasteiger partial charge in [-0.25, -0.2) is 4.98 Å². The van der Waals surface area contributed by atoms with Crippen molar-refractivity contribution in [3.8, 4) is 6.07 Å². The van der Waals surface area contributed by atoms with Crippen LogP contribution < -0.4 is 10.2 Å². The van der Waals surface area contributed by atoms with Crippen molar-refractivity contribution in [3.05, 3.63) is 22.9 Å². The molecule has 2 aliphatic rings. The quantitative estimate of drug-likeness (QED) is 0.737. The van der Waals surface area contributed by atoms with Gasteiger partial charge in [0, 0.05) is 45.0 Å². The minimum atomic E-state index is 0.0740. The monoisotopic (exact) mass is 399 g/mol. The SMILES string of the molecule is COCCNC(=O)[C@H]1CCCN(C2CCN(c3nc(C)cc(C)c3C#N)CC2)C1. The van der Waals surface area contributed by atoms with Crippen LogP contribution in [0.25, 0.3) is 0 Å². The van der Waals surface area contributed by atoms with Crippen LogP contribution in [0.3, 0.4) is 0 Å². The molecule has 0 aliphatic carbocycles. The topological polar surface area (TPSA) is 81.5 Å². The standard InChI is InChI=1S/C22H33N5O2/c1-16-13-17(2)25-21(20(16)14-23)26-10-6-19(7-11-26)27-9-4-5-18(15-27)22(28)24-8-12-29-3/h13,18-19H,4-12,15H2,1-3H3,(H,24,28)/t18-/m0/s1. The Bertz CT molecular complexity index is 752. The number of amides is 1. The number of nitrogens with one attached hydrogen (secondary N) is 1. The van der Waals surface area contributed by atoms with Gasteiger partial charge in [-0.05, 0) is 57.7 Å². The third kappa shape index (κ3) is 5.26. The molecule has 2 saturated heterocycles. The largest absolute Gasteiger partial charge is 0.383 e. The number of carbonyl (C=O) groups is 1. The molecule has 2 aliphatic heterocycles. The first-order valence-electron chi connectivity index (χ1n) is 10.7. The number of hydrogen-bond donors (Lipinski definition) is 1. The van der Waals surface area contributed by atoms with Crippen molar-refractivity contribution in [3.63, 3.8) is 0 Å². The van der Waals surface area contributed by atoms with Gasteiger partial charge in [0.2, 0.25) is 5.91 Å². The third-order valence-electron chi connectivity index (χ3n) is 6.15. The smallest absolute Gasteiger partial charge is 0.224 e. The zero-order valence-corrected chi connectivity index (χ0v) is 17.9. The van der Waals surface area contributed by atoms with Crippen LogP contribution in [0.1, 0.15) is 42.5 Å². The second-order valence-electron chi connectivity index (χ2n) is 8.23. The zero-order chi connectivity index (χ0) is 20.8. The van der Waals surface area contributed by atoms with Gasteiger partial charge >= 0.3 is 0 Å². The van der Waals surface area contributed by atoms with Crippen LogP contribution >= 0.6 is 0 Å². The maximum Gasteiger partial charge on any atom is 0.224 e. The first-order chi connectivity index (χ1) is 14.0. The highest BCUT2D eigenvalue weighted by molar-refractivity contribution is 5.78. The number of nitrogens with zero attached hydrogens (tertiary/aromatic N) is 4. The lowest BCUT2D eigenvalue weighted by molar-refractivity contribution is -0.127. The van der Waals surface area contributed by atoms with Crippen LogP contribution in [0, 0.1) is 31.1 Å². The van der Waals surface area contributed by atoms with Gasteiger partial charge < -0.3 is 15.0 Å². The number of methoxy groups -OCH3 is 1. The summed E-state index contributed by atoms with van der Waals surface area (Å²) < 4.78 is 5.02. The summed E-state index contributed by atoms with van der Waals surface area (Å²) in [6.07, 6.45) is 4.11. The van der Waals surface area contributed by atoms with Crippen molar-refractivity contribution < 1.29 is 9.53 Å². The average Bonchev–Trinajstić information content (AvgIpc) is 2.73. The van der Waals surface area contributed by atoms with Crippen molar-refractivity contribution in [2.24, 2.45) is 5.92 Å². The molecule has 29 heavy (non-hydrogen) atoms. The van der Waals surface area contributed by atoms with E-state index in [0.717, 1.165) is 68.9 Å². The molecule has 2 fully saturated rings. The molecule has 3 heterocycles. The van der Waals surface area contributed by atoms with Gasteiger partial charge in [0.1, 0.15) is 11.9 Å². The van der Waals surface area contributed by atoms with E-state index in [4.69, 9.17) is 4.74 Å². The fraction of sp³-hybridized carbons (Fsp3) is 0.682. The van der Waals surface area contributed by atoms with Crippen molar-refractivity contribution >= 4 is 11.7 Å². The van der Waals surface area contributed by atoms with E-state index in [1.807, 2.05) is 19.9 Å². The lowest BCUT2D eigenvalue weighted by Gasteiger charge is -2.42. The number of pyridine rings is 1. The lowest BCUT2D eigenvalue weighted by Crippen LogP contribution is -2.51. The Balaban J connectivity index is 1.57. The van der Waals surface area contributed by atoms with E-state index in [1.165, 1.54) is 0 Å². The van der Waals surface area contributed by atoms with Gasteiger partial charge in [-0.3, -0.25) is 9.69 Å². The molecule has 0 aromatic carbocycles. The summed E-state index contributed by atoms with van der Waals surface area (Å²) in [5.74, 6) is 1.06. The number of nitriles is 1. The second kappa shape index (κ2) is 10.0. The third-order valence-corrected chi connectivity index (χ3v) is 6.15. The van der Waals surface area contributed by atoms with Gasteiger partial charge in [0.05, 0.1) is 18.1 Å². The highest BCUT2D eigenvalue weighted by Crippen LogP contribution is 2.28. The normalized spacial score (nSPS) is 21.0. The van der Waals surface area contributed by atoms with Crippen molar-refractivity contribution in [2.45, 2.75) is 45.6 Å². The second-order valence-corrected chi connectivity index (χ2v) is 8.23. The van der Waals surface area contributed by atoms with Crippen LogP contribution in [0.4, 0.5) is 5.82 Å². The number of likely N-dealkylation sites (tertiary alicyclic amines) is 1. The summed E-state index contributed by atoms with van der Waals surface area (Å²) in [4.78, 5) is 21.9. The van der Waals surface area contributed by atoms with Gasteiger partial charge in [-0.2, -0.15) is 5.26 Å². The van der Waals surface area contributed by atoms with E-state index in [2.05, 4.69) is 26.2 Å².